The van der Waals surface area contributed by atoms with Crippen LogP contribution in [0.25, 0.3) is 6.08 Å². The van der Waals surface area contributed by atoms with Gasteiger partial charge in [-0.25, -0.2) is 4.79 Å². The molecule has 5 nitrogen and oxygen atoms in total. The fraction of sp³-hybridized carbons (Fsp3) is 0.286. The minimum absolute atomic E-state index is 0.346. The fourth-order valence-electron chi connectivity index (χ4n) is 2.43. The number of carboxylic acid groups (broad SMARTS) is 1. The highest BCUT2D eigenvalue weighted by Crippen LogP contribution is 2.28. The van der Waals surface area contributed by atoms with Gasteiger partial charge in [-0.3, -0.25) is 0 Å². The lowest BCUT2D eigenvalue weighted by atomic mass is 10.1. The zero-order chi connectivity index (χ0) is 18.8. The van der Waals surface area contributed by atoms with Crippen molar-refractivity contribution < 1.29 is 24.1 Å². The summed E-state index contributed by atoms with van der Waals surface area (Å²) < 4.78 is 16.7. The molecule has 0 aromatic heterocycles. The maximum atomic E-state index is 10.6. The Morgan fingerprint density at radius 3 is 2.42 bits per heavy atom. The second kappa shape index (κ2) is 10.1. The summed E-state index contributed by atoms with van der Waals surface area (Å²) in [7, 11) is 1.56. The first-order valence-electron chi connectivity index (χ1n) is 8.56. The van der Waals surface area contributed by atoms with Crippen LogP contribution in [0.15, 0.2) is 48.5 Å². The first-order valence-corrected chi connectivity index (χ1v) is 8.56. The molecule has 0 spiro atoms. The maximum absolute atomic E-state index is 10.6. The van der Waals surface area contributed by atoms with Crippen molar-refractivity contribution in [3.8, 4) is 17.2 Å². The Morgan fingerprint density at radius 2 is 1.77 bits per heavy atom. The van der Waals surface area contributed by atoms with E-state index in [9.17, 15) is 4.79 Å². The van der Waals surface area contributed by atoms with Gasteiger partial charge in [-0.1, -0.05) is 31.5 Å². The number of rotatable bonds is 10. The minimum atomic E-state index is -0.998. The SMILES string of the molecule is CCCc1ccc(OCCOc2cc(C=CC(=O)O)ccc2OC)cc1. The minimum Gasteiger partial charge on any atom is -0.493 e. The van der Waals surface area contributed by atoms with E-state index in [0.717, 1.165) is 30.2 Å². The molecule has 0 saturated carbocycles. The molecule has 0 fully saturated rings. The molecule has 0 heterocycles. The van der Waals surface area contributed by atoms with Crippen LogP contribution in [0.2, 0.25) is 0 Å². The Labute approximate surface area is 153 Å². The number of ether oxygens (including phenoxy) is 3. The normalized spacial score (nSPS) is 10.7. The van der Waals surface area contributed by atoms with E-state index in [1.54, 1.807) is 25.3 Å². The van der Waals surface area contributed by atoms with Gasteiger partial charge >= 0.3 is 5.97 Å². The molecule has 0 atom stereocenters. The van der Waals surface area contributed by atoms with Crippen LogP contribution in [0.3, 0.4) is 0 Å². The molecule has 0 saturated heterocycles. The molecule has 2 rings (SSSR count). The number of hydrogen-bond donors (Lipinski definition) is 1. The predicted octanol–water partition coefficient (Wildman–Crippen LogP) is 4.20. The van der Waals surface area contributed by atoms with Gasteiger partial charge in [-0.2, -0.15) is 0 Å². The van der Waals surface area contributed by atoms with Crippen molar-refractivity contribution in [1.82, 2.24) is 0 Å². The number of methoxy groups -OCH3 is 1. The van der Waals surface area contributed by atoms with Gasteiger partial charge in [0.25, 0.3) is 0 Å². The molecule has 138 valence electrons. The van der Waals surface area contributed by atoms with Gasteiger partial charge in [0.15, 0.2) is 11.5 Å². The van der Waals surface area contributed by atoms with Gasteiger partial charge in [0.2, 0.25) is 0 Å². The highest BCUT2D eigenvalue weighted by Gasteiger charge is 2.05. The molecule has 0 unspecified atom stereocenters. The summed E-state index contributed by atoms with van der Waals surface area (Å²) in [4.78, 5) is 10.6. The van der Waals surface area contributed by atoms with Crippen molar-refractivity contribution in [3.05, 3.63) is 59.7 Å². The topological polar surface area (TPSA) is 65.0 Å². The van der Waals surface area contributed by atoms with Crippen LogP contribution >= 0.6 is 0 Å². The van der Waals surface area contributed by atoms with Crippen molar-refractivity contribution >= 4 is 12.0 Å². The van der Waals surface area contributed by atoms with Crippen molar-refractivity contribution in [3.63, 3.8) is 0 Å². The van der Waals surface area contributed by atoms with Gasteiger partial charge in [0.1, 0.15) is 19.0 Å². The number of carboxylic acids is 1. The predicted molar refractivity (Wildman–Crippen MR) is 101 cm³/mol. The number of benzene rings is 2. The Morgan fingerprint density at radius 1 is 1.04 bits per heavy atom. The van der Waals surface area contributed by atoms with Gasteiger partial charge in [-0.15, -0.1) is 0 Å². The summed E-state index contributed by atoms with van der Waals surface area (Å²) in [6.45, 7) is 2.90. The van der Waals surface area contributed by atoms with E-state index >= 15 is 0 Å². The molecular weight excluding hydrogens is 332 g/mol. The summed E-state index contributed by atoms with van der Waals surface area (Å²) in [5.41, 5.74) is 2.02. The van der Waals surface area contributed by atoms with Crippen LogP contribution in [-0.2, 0) is 11.2 Å². The van der Waals surface area contributed by atoms with Crippen molar-refractivity contribution in [1.29, 1.82) is 0 Å². The largest absolute Gasteiger partial charge is 0.493 e. The zero-order valence-corrected chi connectivity index (χ0v) is 15.1. The molecule has 1 N–H and O–H groups in total. The molecule has 0 aliphatic rings. The second-order valence-corrected chi connectivity index (χ2v) is 5.67. The summed E-state index contributed by atoms with van der Waals surface area (Å²) in [6, 6.07) is 13.3. The highest BCUT2D eigenvalue weighted by molar-refractivity contribution is 5.85. The van der Waals surface area contributed by atoms with Gasteiger partial charge < -0.3 is 19.3 Å². The van der Waals surface area contributed by atoms with Crippen molar-refractivity contribution in [2.24, 2.45) is 0 Å². The van der Waals surface area contributed by atoms with Crippen LogP contribution in [0, 0.1) is 0 Å². The van der Waals surface area contributed by atoms with Gasteiger partial charge in [-0.05, 0) is 47.9 Å². The lowest BCUT2D eigenvalue weighted by Crippen LogP contribution is -2.09. The monoisotopic (exact) mass is 356 g/mol. The molecule has 0 aliphatic heterocycles. The van der Waals surface area contributed by atoms with E-state index in [1.807, 2.05) is 12.1 Å². The van der Waals surface area contributed by atoms with E-state index in [0.29, 0.717) is 24.7 Å². The van der Waals surface area contributed by atoms with Crippen LogP contribution in [-0.4, -0.2) is 31.4 Å². The third kappa shape index (κ3) is 6.16. The van der Waals surface area contributed by atoms with Crippen LogP contribution in [0.5, 0.6) is 17.2 Å². The lowest BCUT2D eigenvalue weighted by Gasteiger charge is -2.12. The number of aliphatic carboxylic acids is 1. The Kier molecular flexibility index (Phi) is 7.55. The molecule has 2 aromatic carbocycles. The van der Waals surface area contributed by atoms with Crippen LogP contribution in [0.4, 0.5) is 0 Å². The highest BCUT2D eigenvalue weighted by atomic mass is 16.5. The van der Waals surface area contributed by atoms with E-state index in [4.69, 9.17) is 19.3 Å². The molecule has 0 aliphatic carbocycles. The summed E-state index contributed by atoms with van der Waals surface area (Å²) in [5, 5.41) is 8.71. The molecule has 0 radical (unpaired) electrons. The molecular formula is C21H24O5. The Hall–Kier alpha value is -2.95. The Balaban J connectivity index is 1.89. The van der Waals surface area contributed by atoms with E-state index < -0.39 is 5.97 Å². The smallest absolute Gasteiger partial charge is 0.328 e. The second-order valence-electron chi connectivity index (χ2n) is 5.67. The average Bonchev–Trinajstić information content (AvgIpc) is 2.65. The summed E-state index contributed by atoms with van der Waals surface area (Å²) in [5.74, 6) is 0.934. The van der Waals surface area contributed by atoms with Crippen molar-refractivity contribution in [2.45, 2.75) is 19.8 Å². The summed E-state index contributed by atoms with van der Waals surface area (Å²) >= 11 is 0. The number of carbonyl (C=O) groups is 1. The first-order chi connectivity index (χ1) is 12.6. The molecule has 0 amide bonds. The molecule has 26 heavy (non-hydrogen) atoms. The fourth-order valence-corrected chi connectivity index (χ4v) is 2.43. The van der Waals surface area contributed by atoms with E-state index in [1.165, 1.54) is 11.6 Å². The van der Waals surface area contributed by atoms with Gasteiger partial charge in [0.05, 0.1) is 7.11 Å². The maximum Gasteiger partial charge on any atom is 0.328 e. The molecule has 2 aromatic rings. The lowest BCUT2D eigenvalue weighted by molar-refractivity contribution is -0.131. The van der Waals surface area contributed by atoms with E-state index in [2.05, 4.69) is 19.1 Å². The number of aryl methyl sites for hydroxylation is 1. The zero-order valence-electron chi connectivity index (χ0n) is 15.1. The third-order valence-corrected chi connectivity index (χ3v) is 3.68. The third-order valence-electron chi connectivity index (χ3n) is 3.68. The molecule has 0 bridgehead atoms. The first kappa shape index (κ1) is 19.4. The standard InChI is InChI=1S/C21H24O5/c1-3-4-16-5-9-18(10-6-16)25-13-14-26-20-15-17(8-12-21(22)23)7-11-19(20)24-2/h5-12,15H,3-4,13-14H2,1-2H3,(H,22,23). The quantitative estimate of drug-likeness (QED) is 0.510. The van der Waals surface area contributed by atoms with E-state index in [-0.39, 0.29) is 0 Å². The summed E-state index contributed by atoms with van der Waals surface area (Å²) in [6.07, 6.45) is 4.77. The van der Waals surface area contributed by atoms with Crippen molar-refractivity contribution in [2.75, 3.05) is 20.3 Å². The van der Waals surface area contributed by atoms with Crippen LogP contribution in [0.1, 0.15) is 24.5 Å². The van der Waals surface area contributed by atoms with Gasteiger partial charge in [0, 0.05) is 6.08 Å². The Bertz CT molecular complexity index is 735. The number of hydrogen-bond acceptors (Lipinski definition) is 4. The average molecular weight is 356 g/mol. The molecule has 5 heteroatoms. The van der Waals surface area contributed by atoms with Crippen LogP contribution < -0.4 is 14.2 Å².